The molecule has 0 spiro atoms. The zero-order valence-corrected chi connectivity index (χ0v) is 9.44. The predicted octanol–water partition coefficient (Wildman–Crippen LogP) is 2.85. The normalized spacial score (nSPS) is 10.2. The first-order chi connectivity index (χ1) is 8.15. The fourth-order valence-corrected chi connectivity index (χ4v) is 1.48. The number of pyridine rings is 1. The third-order valence-electron chi connectivity index (χ3n) is 2.39. The molecule has 3 nitrogen and oxygen atoms in total. The Balaban J connectivity index is 2.07. The van der Waals surface area contributed by atoms with Gasteiger partial charge in [0.25, 0.3) is 0 Å². The number of aromatic hydroxyl groups is 1. The van der Waals surface area contributed by atoms with Crippen molar-refractivity contribution in [3.8, 4) is 5.75 Å². The Hall–Kier alpha value is -2.10. The van der Waals surface area contributed by atoms with Gasteiger partial charge < -0.3 is 10.4 Å². The van der Waals surface area contributed by atoms with E-state index in [-0.39, 0.29) is 11.6 Å². The van der Waals surface area contributed by atoms with Gasteiger partial charge in [-0.15, -0.1) is 0 Å². The van der Waals surface area contributed by atoms with Crippen LogP contribution in [0.1, 0.15) is 11.3 Å². The van der Waals surface area contributed by atoms with Crippen molar-refractivity contribution in [2.24, 2.45) is 0 Å². The Bertz CT molecular complexity index is 511. The summed E-state index contributed by atoms with van der Waals surface area (Å²) in [5, 5.41) is 12.0. The summed E-state index contributed by atoms with van der Waals surface area (Å²) in [5.41, 5.74) is 2.19. The van der Waals surface area contributed by atoms with Crippen LogP contribution in [0.4, 0.5) is 10.1 Å². The van der Waals surface area contributed by atoms with Gasteiger partial charge in [0.05, 0.1) is 24.1 Å². The maximum Gasteiger partial charge on any atom is 0.146 e. The molecule has 0 aliphatic carbocycles. The van der Waals surface area contributed by atoms with Gasteiger partial charge in [-0.1, -0.05) is 6.07 Å². The lowest BCUT2D eigenvalue weighted by Gasteiger charge is -2.08. The number of aryl methyl sites for hydroxylation is 1. The van der Waals surface area contributed by atoms with Gasteiger partial charge in [-0.3, -0.25) is 4.98 Å². The van der Waals surface area contributed by atoms with E-state index >= 15 is 0 Å². The second kappa shape index (κ2) is 4.82. The molecule has 0 aliphatic heterocycles. The van der Waals surface area contributed by atoms with E-state index in [9.17, 15) is 4.39 Å². The summed E-state index contributed by atoms with van der Waals surface area (Å²) < 4.78 is 13.4. The third-order valence-corrected chi connectivity index (χ3v) is 2.39. The molecule has 0 bridgehead atoms. The lowest BCUT2D eigenvalue weighted by molar-refractivity contribution is 0.472. The molecule has 0 amide bonds. The summed E-state index contributed by atoms with van der Waals surface area (Å²) in [4.78, 5) is 4.01. The SMILES string of the molecule is Cc1ccc(F)c(NCc2ccc(O)cn2)c1. The lowest BCUT2D eigenvalue weighted by Crippen LogP contribution is -2.03. The number of nitrogens with one attached hydrogen (secondary N) is 1. The average Bonchev–Trinajstić information content (AvgIpc) is 2.32. The van der Waals surface area contributed by atoms with E-state index in [1.807, 2.05) is 6.92 Å². The van der Waals surface area contributed by atoms with E-state index in [4.69, 9.17) is 5.11 Å². The van der Waals surface area contributed by atoms with Crippen molar-refractivity contribution in [3.05, 3.63) is 53.6 Å². The zero-order valence-electron chi connectivity index (χ0n) is 9.44. The molecule has 0 unspecified atom stereocenters. The minimum absolute atomic E-state index is 0.121. The second-order valence-corrected chi connectivity index (χ2v) is 3.84. The molecular formula is C13H13FN2O. The molecule has 0 atom stereocenters. The molecule has 0 saturated heterocycles. The van der Waals surface area contributed by atoms with Crippen molar-refractivity contribution < 1.29 is 9.50 Å². The van der Waals surface area contributed by atoms with Crippen LogP contribution in [0, 0.1) is 12.7 Å². The number of hydrogen-bond acceptors (Lipinski definition) is 3. The number of benzene rings is 1. The van der Waals surface area contributed by atoms with Gasteiger partial charge in [-0.2, -0.15) is 0 Å². The van der Waals surface area contributed by atoms with E-state index in [0.717, 1.165) is 11.3 Å². The second-order valence-electron chi connectivity index (χ2n) is 3.84. The van der Waals surface area contributed by atoms with Crippen LogP contribution < -0.4 is 5.32 Å². The highest BCUT2D eigenvalue weighted by molar-refractivity contribution is 5.47. The standard InChI is InChI=1S/C13H13FN2O/c1-9-2-5-12(14)13(6-9)16-7-10-3-4-11(17)8-15-10/h2-6,8,16-17H,7H2,1H3. The van der Waals surface area contributed by atoms with E-state index < -0.39 is 0 Å². The van der Waals surface area contributed by atoms with Crippen molar-refractivity contribution in [2.45, 2.75) is 13.5 Å². The van der Waals surface area contributed by atoms with Crippen molar-refractivity contribution in [3.63, 3.8) is 0 Å². The van der Waals surface area contributed by atoms with Crippen molar-refractivity contribution in [1.29, 1.82) is 0 Å². The number of halogens is 1. The number of rotatable bonds is 3. The highest BCUT2D eigenvalue weighted by Crippen LogP contribution is 2.16. The summed E-state index contributed by atoms with van der Waals surface area (Å²) in [6, 6.07) is 8.14. The van der Waals surface area contributed by atoms with Crippen LogP contribution in [-0.2, 0) is 6.54 Å². The van der Waals surface area contributed by atoms with Crippen molar-refractivity contribution in [2.75, 3.05) is 5.32 Å². The minimum Gasteiger partial charge on any atom is -0.506 e. The van der Waals surface area contributed by atoms with Crippen LogP contribution >= 0.6 is 0 Å². The quantitative estimate of drug-likeness (QED) is 0.855. The van der Waals surface area contributed by atoms with Gasteiger partial charge in [-0.25, -0.2) is 4.39 Å². The first-order valence-electron chi connectivity index (χ1n) is 5.29. The Kier molecular flexibility index (Phi) is 3.23. The summed E-state index contributed by atoms with van der Waals surface area (Å²) in [5.74, 6) is -0.162. The molecule has 0 fully saturated rings. The largest absolute Gasteiger partial charge is 0.506 e. The molecule has 4 heteroatoms. The van der Waals surface area contributed by atoms with Crippen molar-refractivity contribution in [1.82, 2.24) is 4.98 Å². The number of hydrogen-bond donors (Lipinski definition) is 2. The summed E-state index contributed by atoms with van der Waals surface area (Å²) >= 11 is 0. The van der Waals surface area contributed by atoms with Crippen molar-refractivity contribution >= 4 is 5.69 Å². The summed E-state index contributed by atoms with van der Waals surface area (Å²) in [7, 11) is 0. The minimum atomic E-state index is -0.283. The van der Waals surface area contributed by atoms with Crippen LogP contribution in [-0.4, -0.2) is 10.1 Å². The van der Waals surface area contributed by atoms with Gasteiger partial charge in [0.2, 0.25) is 0 Å². The fourth-order valence-electron chi connectivity index (χ4n) is 1.48. The number of nitrogens with zero attached hydrogens (tertiary/aromatic N) is 1. The predicted molar refractivity (Wildman–Crippen MR) is 64.4 cm³/mol. The Labute approximate surface area is 98.9 Å². The monoisotopic (exact) mass is 232 g/mol. The molecule has 1 aromatic carbocycles. The van der Waals surface area contributed by atoms with E-state index in [0.29, 0.717) is 12.2 Å². The highest BCUT2D eigenvalue weighted by Gasteiger charge is 2.02. The van der Waals surface area contributed by atoms with Gasteiger partial charge in [0.15, 0.2) is 0 Å². The Morgan fingerprint density at radius 3 is 2.82 bits per heavy atom. The Morgan fingerprint density at radius 1 is 1.29 bits per heavy atom. The third kappa shape index (κ3) is 2.93. The van der Waals surface area contributed by atoms with Crippen LogP contribution in [0.25, 0.3) is 0 Å². The molecule has 2 rings (SSSR count). The van der Waals surface area contributed by atoms with Gasteiger partial charge in [-0.05, 0) is 36.8 Å². The average molecular weight is 232 g/mol. The fraction of sp³-hybridized carbons (Fsp3) is 0.154. The van der Waals surface area contributed by atoms with Crippen LogP contribution in [0.5, 0.6) is 5.75 Å². The lowest BCUT2D eigenvalue weighted by atomic mass is 10.2. The number of aromatic nitrogens is 1. The maximum absolute atomic E-state index is 13.4. The summed E-state index contributed by atoms with van der Waals surface area (Å²) in [6.45, 7) is 2.32. The molecule has 17 heavy (non-hydrogen) atoms. The molecule has 2 aromatic rings. The Morgan fingerprint density at radius 2 is 2.12 bits per heavy atom. The van der Waals surface area contributed by atoms with E-state index in [2.05, 4.69) is 10.3 Å². The van der Waals surface area contributed by atoms with Gasteiger partial charge in [0, 0.05) is 0 Å². The van der Waals surface area contributed by atoms with E-state index in [1.165, 1.54) is 12.3 Å². The maximum atomic E-state index is 13.4. The molecule has 0 aliphatic rings. The molecule has 88 valence electrons. The van der Waals surface area contributed by atoms with Gasteiger partial charge >= 0.3 is 0 Å². The first-order valence-corrected chi connectivity index (χ1v) is 5.29. The van der Waals surface area contributed by atoms with Crippen LogP contribution in [0.3, 0.4) is 0 Å². The summed E-state index contributed by atoms with van der Waals surface area (Å²) in [6.07, 6.45) is 1.36. The molecule has 0 saturated carbocycles. The van der Waals surface area contributed by atoms with E-state index in [1.54, 1.807) is 24.3 Å². The van der Waals surface area contributed by atoms with Crippen LogP contribution in [0.15, 0.2) is 36.5 Å². The topological polar surface area (TPSA) is 45.1 Å². The molecule has 0 radical (unpaired) electrons. The smallest absolute Gasteiger partial charge is 0.146 e. The molecule has 1 heterocycles. The first kappa shape index (κ1) is 11.4. The molecule has 1 aromatic heterocycles. The zero-order chi connectivity index (χ0) is 12.3. The number of anilines is 1. The van der Waals surface area contributed by atoms with Crippen LogP contribution in [0.2, 0.25) is 0 Å². The van der Waals surface area contributed by atoms with Gasteiger partial charge in [0.1, 0.15) is 11.6 Å². The highest BCUT2D eigenvalue weighted by atomic mass is 19.1. The molecule has 2 N–H and O–H groups in total. The molecular weight excluding hydrogens is 219 g/mol.